The summed E-state index contributed by atoms with van der Waals surface area (Å²) in [7, 11) is -4.65. The fourth-order valence-corrected chi connectivity index (χ4v) is 5.99. The van der Waals surface area contributed by atoms with Gasteiger partial charge in [-0.05, 0) is 96.3 Å². The number of esters is 2. The standard InChI is InChI=1S/C46H77O11P/c1-2-3-4-5-6-7-8-9-10-12-16-19-22-25-28-31-34-37-46(51)57-44(42-56-58(52,53)55-40-43(49)39-48)41-54-45(50)36-33-30-27-24-21-18-15-13-11-14-17-20-23-26-29-32-35-38-47/h6-7,9-11,14-16,18-20,23-24,27,43-44,47-49H,2-5,8,12-13,17,21-22,25-26,28-42H2,1H3,(H,52,53)/b7-6-,10-9-,14-11-,18-15-,19-16-,23-20-,27-24-/t43-,44+/m0/s1. The molecule has 58 heavy (non-hydrogen) atoms. The molecule has 0 aromatic carbocycles. The van der Waals surface area contributed by atoms with Crippen molar-refractivity contribution in [3.63, 3.8) is 0 Å². The Morgan fingerprint density at radius 2 is 0.966 bits per heavy atom. The Hall–Kier alpha value is -2.89. The average Bonchev–Trinajstić information content (AvgIpc) is 3.21. The lowest BCUT2D eigenvalue weighted by atomic mass is 10.1. The fourth-order valence-electron chi connectivity index (χ4n) is 5.21. The van der Waals surface area contributed by atoms with Gasteiger partial charge in [0, 0.05) is 19.4 Å². The van der Waals surface area contributed by atoms with E-state index < -0.39 is 51.8 Å². The SMILES string of the molecule is CCCCC/C=C\C/C=C\C/C=C\CCCCCCC(=O)O[C@H](COC(=O)CCC/C=C\C/C=C\C/C=C\C/C=C\CCCCCO)COP(=O)(O)OC[C@@H](O)CO. The number of carbonyl (C=O) groups is 2. The zero-order valence-corrected chi connectivity index (χ0v) is 36.3. The Balaban J connectivity index is 4.45. The van der Waals surface area contributed by atoms with Crippen LogP contribution in [0.25, 0.3) is 0 Å². The molecule has 0 amide bonds. The molecule has 12 heteroatoms. The van der Waals surface area contributed by atoms with Gasteiger partial charge in [0.15, 0.2) is 6.10 Å². The Bertz CT molecular complexity index is 1240. The minimum atomic E-state index is -4.65. The number of hydrogen-bond donors (Lipinski definition) is 4. The van der Waals surface area contributed by atoms with Crippen LogP contribution in [-0.2, 0) is 32.7 Å². The lowest BCUT2D eigenvalue weighted by Crippen LogP contribution is -2.29. The third kappa shape index (κ3) is 41.3. The van der Waals surface area contributed by atoms with Gasteiger partial charge < -0.3 is 29.7 Å². The molecular weight excluding hydrogens is 759 g/mol. The molecule has 0 saturated heterocycles. The van der Waals surface area contributed by atoms with E-state index >= 15 is 0 Å². The first-order chi connectivity index (χ1) is 28.2. The van der Waals surface area contributed by atoms with E-state index in [4.69, 9.17) is 24.2 Å². The normalized spacial score (nSPS) is 14.6. The van der Waals surface area contributed by atoms with Crippen LogP contribution >= 0.6 is 7.82 Å². The maximum absolute atomic E-state index is 12.6. The minimum Gasteiger partial charge on any atom is -0.462 e. The van der Waals surface area contributed by atoms with Crippen molar-refractivity contribution in [3.05, 3.63) is 85.1 Å². The van der Waals surface area contributed by atoms with E-state index in [1.807, 2.05) is 12.2 Å². The van der Waals surface area contributed by atoms with E-state index in [-0.39, 0.29) is 26.1 Å². The van der Waals surface area contributed by atoms with E-state index in [1.165, 1.54) is 19.3 Å². The molecule has 0 saturated carbocycles. The van der Waals surface area contributed by atoms with Crippen molar-refractivity contribution in [1.82, 2.24) is 0 Å². The van der Waals surface area contributed by atoms with Crippen molar-refractivity contribution in [1.29, 1.82) is 0 Å². The number of phosphoric ester groups is 1. The molecule has 4 N–H and O–H groups in total. The second-order valence-electron chi connectivity index (χ2n) is 14.1. The summed E-state index contributed by atoms with van der Waals surface area (Å²) in [4.78, 5) is 35.0. The van der Waals surface area contributed by atoms with Crippen LogP contribution in [0.2, 0.25) is 0 Å². The number of carbonyl (C=O) groups excluding carboxylic acids is 2. The molecule has 0 aromatic heterocycles. The second kappa shape index (κ2) is 42.2. The third-order valence-electron chi connectivity index (χ3n) is 8.58. The smallest absolute Gasteiger partial charge is 0.462 e. The second-order valence-corrected chi connectivity index (χ2v) is 15.5. The van der Waals surface area contributed by atoms with Crippen molar-refractivity contribution in [2.45, 2.75) is 160 Å². The van der Waals surface area contributed by atoms with Gasteiger partial charge in [0.1, 0.15) is 12.7 Å². The maximum Gasteiger partial charge on any atom is 0.472 e. The molecule has 0 aliphatic heterocycles. The summed E-state index contributed by atoms with van der Waals surface area (Å²) in [6.07, 6.45) is 47.1. The molecule has 332 valence electrons. The monoisotopic (exact) mass is 837 g/mol. The molecule has 0 spiro atoms. The van der Waals surface area contributed by atoms with Crippen LogP contribution in [-0.4, -0.2) is 77.4 Å². The van der Waals surface area contributed by atoms with Crippen LogP contribution in [0.1, 0.15) is 148 Å². The van der Waals surface area contributed by atoms with Gasteiger partial charge >= 0.3 is 19.8 Å². The first-order valence-corrected chi connectivity index (χ1v) is 23.1. The molecule has 0 aromatic rings. The van der Waals surface area contributed by atoms with E-state index in [0.717, 1.165) is 89.9 Å². The summed E-state index contributed by atoms with van der Waals surface area (Å²) in [5.74, 6) is -1.04. The van der Waals surface area contributed by atoms with Crippen LogP contribution in [0.4, 0.5) is 0 Å². The molecule has 0 rings (SSSR count). The topological polar surface area (TPSA) is 169 Å². The molecule has 0 radical (unpaired) electrons. The van der Waals surface area contributed by atoms with Crippen molar-refractivity contribution < 1.29 is 52.9 Å². The van der Waals surface area contributed by atoms with E-state index in [9.17, 15) is 24.2 Å². The minimum absolute atomic E-state index is 0.137. The van der Waals surface area contributed by atoms with E-state index in [2.05, 4.69) is 84.4 Å². The Kier molecular flexibility index (Phi) is 40.1. The Labute approximate surface area is 350 Å². The lowest BCUT2D eigenvalue weighted by Gasteiger charge is -2.20. The zero-order valence-electron chi connectivity index (χ0n) is 35.4. The quantitative estimate of drug-likeness (QED) is 0.0201. The number of phosphoric acid groups is 1. The van der Waals surface area contributed by atoms with Gasteiger partial charge in [0.2, 0.25) is 0 Å². The summed E-state index contributed by atoms with van der Waals surface area (Å²) in [6.45, 7) is 0.244. The van der Waals surface area contributed by atoms with Crippen LogP contribution in [0, 0.1) is 0 Å². The predicted molar refractivity (Wildman–Crippen MR) is 234 cm³/mol. The number of rotatable bonds is 40. The van der Waals surface area contributed by atoms with Crippen molar-refractivity contribution in [3.8, 4) is 0 Å². The first kappa shape index (κ1) is 55.1. The molecule has 0 bridgehead atoms. The van der Waals surface area contributed by atoms with E-state index in [1.54, 1.807) is 0 Å². The predicted octanol–water partition coefficient (Wildman–Crippen LogP) is 10.4. The van der Waals surface area contributed by atoms with Gasteiger partial charge in [0.05, 0.1) is 19.8 Å². The van der Waals surface area contributed by atoms with Gasteiger partial charge in [-0.2, -0.15) is 0 Å². The van der Waals surface area contributed by atoms with Gasteiger partial charge in [0.25, 0.3) is 0 Å². The highest BCUT2D eigenvalue weighted by atomic mass is 31.2. The molecule has 0 heterocycles. The van der Waals surface area contributed by atoms with Crippen molar-refractivity contribution in [2.24, 2.45) is 0 Å². The maximum atomic E-state index is 12.6. The highest BCUT2D eigenvalue weighted by Crippen LogP contribution is 2.43. The first-order valence-electron chi connectivity index (χ1n) is 21.7. The summed E-state index contributed by atoms with van der Waals surface area (Å²) in [5, 5.41) is 27.1. The lowest BCUT2D eigenvalue weighted by molar-refractivity contribution is -0.161. The molecule has 0 aliphatic carbocycles. The fraction of sp³-hybridized carbons (Fsp3) is 0.652. The number of ether oxygens (including phenoxy) is 2. The third-order valence-corrected chi connectivity index (χ3v) is 9.53. The summed E-state index contributed by atoms with van der Waals surface area (Å²) < 4.78 is 32.6. The van der Waals surface area contributed by atoms with Crippen LogP contribution in [0.5, 0.6) is 0 Å². The molecule has 0 fully saturated rings. The number of unbranched alkanes of at least 4 members (excludes halogenated alkanes) is 11. The number of hydrogen-bond acceptors (Lipinski definition) is 10. The van der Waals surface area contributed by atoms with Gasteiger partial charge in [-0.25, -0.2) is 4.57 Å². The molecule has 3 atom stereocenters. The summed E-state index contributed by atoms with van der Waals surface area (Å²) in [5.41, 5.74) is 0. The van der Waals surface area contributed by atoms with Crippen LogP contribution in [0.15, 0.2) is 85.1 Å². The summed E-state index contributed by atoms with van der Waals surface area (Å²) in [6, 6.07) is 0. The molecule has 0 aliphatic rings. The largest absolute Gasteiger partial charge is 0.472 e. The van der Waals surface area contributed by atoms with Crippen LogP contribution < -0.4 is 0 Å². The number of allylic oxidation sites excluding steroid dienone is 14. The van der Waals surface area contributed by atoms with Crippen molar-refractivity contribution in [2.75, 3.05) is 33.0 Å². The number of aliphatic hydroxyl groups is 3. The van der Waals surface area contributed by atoms with E-state index in [0.29, 0.717) is 19.3 Å². The highest BCUT2D eigenvalue weighted by molar-refractivity contribution is 7.47. The summed E-state index contributed by atoms with van der Waals surface area (Å²) >= 11 is 0. The van der Waals surface area contributed by atoms with Crippen LogP contribution in [0.3, 0.4) is 0 Å². The van der Waals surface area contributed by atoms with Crippen molar-refractivity contribution >= 4 is 19.8 Å². The molecule has 1 unspecified atom stereocenters. The van der Waals surface area contributed by atoms with Gasteiger partial charge in [-0.1, -0.05) is 124 Å². The number of aliphatic hydroxyl groups excluding tert-OH is 3. The molecular formula is C46H77O11P. The van der Waals surface area contributed by atoms with Gasteiger partial charge in [-0.3, -0.25) is 18.6 Å². The molecule has 11 nitrogen and oxygen atoms in total. The zero-order chi connectivity index (χ0) is 42.6. The Morgan fingerprint density at radius 3 is 1.47 bits per heavy atom. The highest BCUT2D eigenvalue weighted by Gasteiger charge is 2.27. The Morgan fingerprint density at radius 1 is 0.534 bits per heavy atom. The van der Waals surface area contributed by atoms with Gasteiger partial charge in [-0.15, -0.1) is 0 Å². The average molecular weight is 837 g/mol.